The summed E-state index contributed by atoms with van der Waals surface area (Å²) in [4.78, 5) is 6.98. The zero-order chi connectivity index (χ0) is 13.3. The number of hydrogen-bond donors (Lipinski definition) is 1. The maximum Gasteiger partial charge on any atom is 0.421 e. The van der Waals surface area contributed by atoms with Crippen LogP contribution in [-0.2, 0) is 6.18 Å². The van der Waals surface area contributed by atoms with Crippen LogP contribution in [0.25, 0.3) is 0 Å². The summed E-state index contributed by atoms with van der Waals surface area (Å²) in [5.41, 5.74) is -0.894. The minimum Gasteiger partial charge on any atom is -0.364 e. The topological polar surface area (TPSA) is 41.0 Å². The second-order valence-corrected chi connectivity index (χ2v) is 4.99. The maximum absolute atomic E-state index is 12.7. The van der Waals surface area contributed by atoms with Gasteiger partial charge < -0.3 is 5.32 Å². The standard InChI is InChI=1S/C9H10ClF3N4S/c1-18-17-3-5(4-17)15-7-6(9(11,12)13)2-14-8(10)16-7/h2,5H,3-4H2,1H3,(H,14,15,16). The molecule has 0 unspecified atom stereocenters. The summed E-state index contributed by atoms with van der Waals surface area (Å²) in [6.07, 6.45) is -1.88. The maximum atomic E-state index is 12.7. The Labute approximate surface area is 111 Å². The molecule has 1 aromatic heterocycles. The summed E-state index contributed by atoms with van der Waals surface area (Å²) < 4.78 is 40.2. The van der Waals surface area contributed by atoms with Gasteiger partial charge in [-0.05, 0) is 17.9 Å². The Morgan fingerprint density at radius 3 is 2.72 bits per heavy atom. The van der Waals surface area contributed by atoms with Gasteiger partial charge in [-0.3, -0.25) is 0 Å². The van der Waals surface area contributed by atoms with Gasteiger partial charge >= 0.3 is 6.18 Å². The quantitative estimate of drug-likeness (QED) is 0.686. The molecule has 100 valence electrons. The lowest BCUT2D eigenvalue weighted by atomic mass is 10.1. The molecule has 0 aliphatic carbocycles. The summed E-state index contributed by atoms with van der Waals surface area (Å²) in [6, 6.07) is -0.0514. The number of halogens is 4. The van der Waals surface area contributed by atoms with Gasteiger partial charge in [0, 0.05) is 19.3 Å². The first kappa shape index (κ1) is 13.7. The highest BCUT2D eigenvalue weighted by Gasteiger charge is 2.37. The first-order chi connectivity index (χ1) is 8.40. The molecule has 0 spiro atoms. The number of hydrogen-bond acceptors (Lipinski definition) is 5. The Bertz CT molecular complexity index is 436. The highest BCUT2D eigenvalue weighted by atomic mass is 35.5. The van der Waals surface area contributed by atoms with Crippen molar-refractivity contribution in [3.8, 4) is 0 Å². The largest absolute Gasteiger partial charge is 0.421 e. The van der Waals surface area contributed by atoms with E-state index in [-0.39, 0.29) is 17.1 Å². The molecule has 1 aromatic rings. The third-order valence-electron chi connectivity index (χ3n) is 2.51. The molecule has 0 atom stereocenters. The van der Waals surface area contributed by atoms with Crippen molar-refractivity contribution in [2.45, 2.75) is 12.2 Å². The average Bonchev–Trinajstić information content (AvgIpc) is 2.21. The van der Waals surface area contributed by atoms with Crippen LogP contribution in [0.5, 0.6) is 0 Å². The van der Waals surface area contributed by atoms with Gasteiger partial charge in [0.2, 0.25) is 5.28 Å². The van der Waals surface area contributed by atoms with E-state index in [4.69, 9.17) is 11.6 Å². The van der Waals surface area contributed by atoms with Gasteiger partial charge in [0.15, 0.2) is 0 Å². The second-order valence-electron chi connectivity index (χ2n) is 3.77. The number of nitrogens with zero attached hydrogens (tertiary/aromatic N) is 3. The van der Waals surface area contributed by atoms with E-state index in [2.05, 4.69) is 15.3 Å². The van der Waals surface area contributed by atoms with Crippen molar-refractivity contribution >= 4 is 29.4 Å². The zero-order valence-electron chi connectivity index (χ0n) is 9.33. The van der Waals surface area contributed by atoms with E-state index >= 15 is 0 Å². The molecule has 9 heteroatoms. The molecule has 2 rings (SSSR count). The molecule has 1 fully saturated rings. The normalized spacial score (nSPS) is 17.6. The molecule has 0 bridgehead atoms. The molecule has 0 saturated carbocycles. The lowest BCUT2D eigenvalue weighted by Gasteiger charge is -2.38. The van der Waals surface area contributed by atoms with Gasteiger partial charge in [0.25, 0.3) is 0 Å². The van der Waals surface area contributed by atoms with E-state index in [1.165, 1.54) is 0 Å². The molecule has 4 nitrogen and oxygen atoms in total. The number of rotatable bonds is 3. The molecule has 0 aromatic carbocycles. The molecule has 1 aliphatic heterocycles. The minimum atomic E-state index is -4.49. The SMILES string of the molecule is CSN1CC(Nc2nc(Cl)ncc2C(F)(F)F)C1. The molecule has 1 saturated heterocycles. The molecule has 0 amide bonds. The predicted octanol–water partition coefficient (Wildman–Crippen LogP) is 2.52. The third kappa shape index (κ3) is 2.99. The van der Waals surface area contributed by atoms with Gasteiger partial charge in [-0.1, -0.05) is 11.9 Å². The molecule has 1 N–H and O–H groups in total. The van der Waals surface area contributed by atoms with Crippen molar-refractivity contribution in [1.29, 1.82) is 0 Å². The van der Waals surface area contributed by atoms with Crippen LogP contribution in [0, 0.1) is 0 Å². The summed E-state index contributed by atoms with van der Waals surface area (Å²) in [7, 11) is 0. The number of alkyl halides is 3. The molecule has 0 radical (unpaired) electrons. The second kappa shape index (κ2) is 5.10. The average molecular weight is 299 g/mol. The highest BCUT2D eigenvalue weighted by Crippen LogP contribution is 2.34. The fraction of sp³-hybridized carbons (Fsp3) is 0.556. The fourth-order valence-corrected chi connectivity index (χ4v) is 2.34. The van der Waals surface area contributed by atoms with Gasteiger partial charge in [-0.2, -0.15) is 13.2 Å². The smallest absolute Gasteiger partial charge is 0.364 e. The summed E-state index contributed by atoms with van der Waals surface area (Å²) in [5, 5.41) is 2.55. The van der Waals surface area contributed by atoms with E-state index in [9.17, 15) is 13.2 Å². The van der Waals surface area contributed by atoms with Crippen LogP contribution in [0.15, 0.2) is 6.20 Å². The van der Waals surface area contributed by atoms with Crippen LogP contribution in [0.1, 0.15) is 5.56 Å². The van der Waals surface area contributed by atoms with Crippen LogP contribution in [0.2, 0.25) is 5.28 Å². The number of anilines is 1. The van der Waals surface area contributed by atoms with Gasteiger partial charge in [0.1, 0.15) is 11.4 Å². The first-order valence-corrected chi connectivity index (χ1v) is 6.61. The Balaban J connectivity index is 2.14. The van der Waals surface area contributed by atoms with Crippen molar-refractivity contribution in [1.82, 2.24) is 14.3 Å². The fourth-order valence-electron chi connectivity index (χ4n) is 1.55. The number of aromatic nitrogens is 2. The third-order valence-corrected chi connectivity index (χ3v) is 3.51. The Morgan fingerprint density at radius 2 is 2.17 bits per heavy atom. The first-order valence-electron chi connectivity index (χ1n) is 5.05. The predicted molar refractivity (Wildman–Crippen MR) is 64.5 cm³/mol. The van der Waals surface area contributed by atoms with Gasteiger partial charge in [-0.25, -0.2) is 14.3 Å². The number of nitrogens with one attached hydrogen (secondary N) is 1. The van der Waals surface area contributed by atoms with Crippen LogP contribution in [-0.4, -0.2) is 39.7 Å². The van der Waals surface area contributed by atoms with Crippen molar-refractivity contribution in [2.24, 2.45) is 0 Å². The minimum absolute atomic E-state index is 0.0514. The molecular formula is C9H10ClF3N4S. The Hall–Kier alpha value is -0.730. The summed E-state index contributed by atoms with van der Waals surface area (Å²) in [6.45, 7) is 1.33. The van der Waals surface area contributed by atoms with E-state index in [0.29, 0.717) is 19.3 Å². The Morgan fingerprint density at radius 1 is 1.50 bits per heavy atom. The van der Waals surface area contributed by atoms with E-state index in [1.807, 2.05) is 10.6 Å². The van der Waals surface area contributed by atoms with Gasteiger partial charge in [0.05, 0.1) is 6.04 Å². The van der Waals surface area contributed by atoms with Crippen molar-refractivity contribution < 1.29 is 13.2 Å². The van der Waals surface area contributed by atoms with E-state index in [1.54, 1.807) is 11.9 Å². The van der Waals surface area contributed by atoms with Crippen LogP contribution >= 0.6 is 23.5 Å². The highest BCUT2D eigenvalue weighted by molar-refractivity contribution is 7.96. The van der Waals surface area contributed by atoms with E-state index < -0.39 is 11.7 Å². The molecule has 2 heterocycles. The van der Waals surface area contributed by atoms with Crippen molar-refractivity contribution in [3.63, 3.8) is 0 Å². The molecular weight excluding hydrogens is 289 g/mol. The lowest BCUT2D eigenvalue weighted by molar-refractivity contribution is -0.137. The zero-order valence-corrected chi connectivity index (χ0v) is 10.9. The van der Waals surface area contributed by atoms with Crippen LogP contribution in [0.4, 0.5) is 19.0 Å². The lowest BCUT2D eigenvalue weighted by Crippen LogP contribution is -2.51. The van der Waals surface area contributed by atoms with Crippen molar-refractivity contribution in [2.75, 3.05) is 24.7 Å². The van der Waals surface area contributed by atoms with Gasteiger partial charge in [-0.15, -0.1) is 0 Å². The molecule has 18 heavy (non-hydrogen) atoms. The van der Waals surface area contributed by atoms with E-state index in [0.717, 1.165) is 0 Å². The molecule has 1 aliphatic rings. The Kier molecular flexibility index (Phi) is 3.88. The monoisotopic (exact) mass is 298 g/mol. The van der Waals surface area contributed by atoms with Crippen molar-refractivity contribution in [3.05, 3.63) is 17.0 Å². The summed E-state index contributed by atoms with van der Waals surface area (Å²) in [5.74, 6) is -0.256. The van der Waals surface area contributed by atoms with Crippen LogP contribution < -0.4 is 5.32 Å². The van der Waals surface area contributed by atoms with Crippen LogP contribution in [0.3, 0.4) is 0 Å². The summed E-state index contributed by atoms with van der Waals surface area (Å²) >= 11 is 7.07.